The molecule has 5 nitrogen and oxygen atoms in total. The van der Waals surface area contributed by atoms with Gasteiger partial charge in [-0.15, -0.1) is 0 Å². The minimum Gasteiger partial charge on any atom is -0.454 e. The fraction of sp³-hybridized carbons (Fsp3) is 0.350. The normalized spacial score (nSPS) is 14.8. The van der Waals surface area contributed by atoms with Crippen LogP contribution in [0.3, 0.4) is 0 Å². The van der Waals surface area contributed by atoms with Gasteiger partial charge in [-0.3, -0.25) is 4.79 Å². The van der Waals surface area contributed by atoms with Gasteiger partial charge in [-0.25, -0.2) is 0 Å². The molecule has 0 saturated carbocycles. The lowest BCUT2D eigenvalue weighted by Crippen LogP contribution is -3.12. The molecule has 1 heterocycles. The average Bonchev–Trinajstić information content (AvgIpc) is 3.09. The molecule has 3 rings (SSSR count). The van der Waals surface area contributed by atoms with Gasteiger partial charge in [0.25, 0.3) is 5.91 Å². The molecule has 132 valence electrons. The van der Waals surface area contributed by atoms with Crippen molar-refractivity contribution in [3.05, 3.63) is 59.7 Å². The van der Waals surface area contributed by atoms with Gasteiger partial charge in [0.2, 0.25) is 6.79 Å². The van der Waals surface area contributed by atoms with E-state index in [1.54, 1.807) is 4.90 Å². The molecule has 0 saturated heterocycles. The summed E-state index contributed by atoms with van der Waals surface area (Å²) in [4.78, 5) is 15.7. The van der Waals surface area contributed by atoms with E-state index in [4.69, 9.17) is 9.47 Å². The lowest BCUT2D eigenvalue weighted by molar-refractivity contribution is -0.908. The van der Waals surface area contributed by atoms with Gasteiger partial charge in [0.15, 0.2) is 17.5 Å². The third-order valence-electron chi connectivity index (χ3n) is 4.67. The standard InChI is InChI=1S/C20H24N2O3/c1-15(20(23)22(3)12-16-7-5-4-6-8-16)21(2)13-17-9-10-18-19(11-17)25-14-24-18/h4-11,15H,12-14H2,1-3H3/p+1/t15-/m1/s1. The molecule has 1 amide bonds. The van der Waals surface area contributed by atoms with E-state index in [9.17, 15) is 4.79 Å². The number of benzene rings is 2. The molecule has 0 bridgehead atoms. The van der Waals surface area contributed by atoms with Crippen LogP contribution in [0.25, 0.3) is 0 Å². The summed E-state index contributed by atoms with van der Waals surface area (Å²) < 4.78 is 10.8. The number of amides is 1. The van der Waals surface area contributed by atoms with Crippen LogP contribution < -0.4 is 14.4 Å². The number of carbonyl (C=O) groups excluding carboxylic acids is 1. The van der Waals surface area contributed by atoms with E-state index in [2.05, 4.69) is 0 Å². The van der Waals surface area contributed by atoms with Crippen molar-refractivity contribution < 1.29 is 19.2 Å². The van der Waals surface area contributed by atoms with Crippen LogP contribution in [0, 0.1) is 0 Å². The predicted octanol–water partition coefficient (Wildman–Crippen LogP) is 1.48. The Morgan fingerprint density at radius 3 is 2.60 bits per heavy atom. The zero-order chi connectivity index (χ0) is 17.8. The monoisotopic (exact) mass is 341 g/mol. The Kier molecular flexibility index (Phi) is 5.24. The molecule has 2 aromatic carbocycles. The number of rotatable bonds is 6. The van der Waals surface area contributed by atoms with Gasteiger partial charge in [-0.2, -0.15) is 0 Å². The van der Waals surface area contributed by atoms with Crippen LogP contribution in [0.15, 0.2) is 48.5 Å². The van der Waals surface area contributed by atoms with E-state index in [1.807, 2.05) is 69.6 Å². The summed E-state index contributed by atoms with van der Waals surface area (Å²) in [7, 11) is 3.91. The van der Waals surface area contributed by atoms with Crippen molar-refractivity contribution in [1.82, 2.24) is 4.90 Å². The van der Waals surface area contributed by atoms with Crippen molar-refractivity contribution in [2.24, 2.45) is 0 Å². The van der Waals surface area contributed by atoms with Crippen molar-refractivity contribution in [3.8, 4) is 11.5 Å². The molecule has 2 atom stereocenters. The third-order valence-corrected chi connectivity index (χ3v) is 4.67. The summed E-state index contributed by atoms with van der Waals surface area (Å²) in [6, 6.07) is 15.9. The molecule has 0 aromatic heterocycles. The number of ether oxygens (including phenoxy) is 2. The number of carbonyl (C=O) groups is 1. The number of nitrogens with zero attached hydrogens (tertiary/aromatic N) is 1. The Hall–Kier alpha value is -2.53. The first-order chi connectivity index (χ1) is 12.0. The van der Waals surface area contributed by atoms with Gasteiger partial charge in [-0.1, -0.05) is 30.3 Å². The number of hydrogen-bond acceptors (Lipinski definition) is 3. The highest BCUT2D eigenvalue weighted by Gasteiger charge is 2.25. The maximum absolute atomic E-state index is 12.7. The van der Waals surface area contributed by atoms with Gasteiger partial charge < -0.3 is 19.3 Å². The zero-order valence-electron chi connectivity index (χ0n) is 15.0. The number of fused-ring (bicyclic) bond motifs is 1. The Labute approximate surface area is 148 Å². The Bertz CT molecular complexity index is 733. The molecule has 1 aliphatic heterocycles. The summed E-state index contributed by atoms with van der Waals surface area (Å²) in [5, 5.41) is 0. The van der Waals surface area contributed by atoms with Crippen LogP contribution in [0.5, 0.6) is 11.5 Å². The molecular formula is C20H25N2O3+. The molecule has 1 unspecified atom stereocenters. The van der Waals surface area contributed by atoms with Crippen LogP contribution in [0.4, 0.5) is 0 Å². The quantitative estimate of drug-likeness (QED) is 0.865. The van der Waals surface area contributed by atoms with E-state index >= 15 is 0 Å². The van der Waals surface area contributed by atoms with Gasteiger partial charge >= 0.3 is 0 Å². The number of quaternary nitrogens is 1. The van der Waals surface area contributed by atoms with E-state index in [0.29, 0.717) is 6.54 Å². The highest BCUT2D eigenvalue weighted by molar-refractivity contribution is 5.79. The van der Waals surface area contributed by atoms with Crippen molar-refractivity contribution >= 4 is 5.91 Å². The largest absolute Gasteiger partial charge is 0.454 e. The molecule has 5 heteroatoms. The van der Waals surface area contributed by atoms with Crippen molar-refractivity contribution in [1.29, 1.82) is 0 Å². The smallest absolute Gasteiger partial charge is 0.280 e. The lowest BCUT2D eigenvalue weighted by atomic mass is 10.1. The predicted molar refractivity (Wildman–Crippen MR) is 95.5 cm³/mol. The maximum atomic E-state index is 12.7. The SMILES string of the molecule is C[C@H](C(=O)N(C)Cc1ccccc1)[NH+](C)Cc1ccc2c(c1)OCO2. The third kappa shape index (κ3) is 4.12. The molecular weight excluding hydrogens is 316 g/mol. The molecule has 25 heavy (non-hydrogen) atoms. The highest BCUT2D eigenvalue weighted by atomic mass is 16.7. The summed E-state index contributed by atoms with van der Waals surface area (Å²) in [6.07, 6.45) is 0. The van der Waals surface area contributed by atoms with E-state index in [1.165, 1.54) is 0 Å². The summed E-state index contributed by atoms with van der Waals surface area (Å²) >= 11 is 0. The Morgan fingerprint density at radius 2 is 1.84 bits per heavy atom. The van der Waals surface area contributed by atoms with Crippen LogP contribution in [-0.4, -0.2) is 37.7 Å². The molecule has 0 radical (unpaired) electrons. The summed E-state index contributed by atoms with van der Waals surface area (Å²) in [5.41, 5.74) is 2.27. The van der Waals surface area contributed by atoms with Gasteiger partial charge in [0.1, 0.15) is 6.54 Å². The number of likely N-dealkylation sites (N-methyl/N-ethyl adjacent to an activating group) is 2. The Balaban J connectivity index is 1.59. The van der Waals surface area contributed by atoms with Gasteiger partial charge in [-0.05, 0) is 30.7 Å². The fourth-order valence-electron chi connectivity index (χ4n) is 3.00. The minimum atomic E-state index is -0.126. The summed E-state index contributed by atoms with van der Waals surface area (Å²) in [6.45, 7) is 3.64. The highest BCUT2D eigenvalue weighted by Crippen LogP contribution is 2.32. The second-order valence-corrected chi connectivity index (χ2v) is 6.61. The topological polar surface area (TPSA) is 43.2 Å². The van der Waals surface area contributed by atoms with E-state index < -0.39 is 0 Å². The molecule has 1 aliphatic rings. The van der Waals surface area contributed by atoms with Crippen LogP contribution in [0.1, 0.15) is 18.1 Å². The molecule has 1 N–H and O–H groups in total. The zero-order valence-corrected chi connectivity index (χ0v) is 15.0. The van der Waals surface area contributed by atoms with E-state index in [-0.39, 0.29) is 18.7 Å². The van der Waals surface area contributed by atoms with Crippen molar-refractivity contribution in [2.45, 2.75) is 26.1 Å². The molecule has 0 fully saturated rings. The van der Waals surface area contributed by atoms with Crippen LogP contribution in [0.2, 0.25) is 0 Å². The van der Waals surface area contributed by atoms with Gasteiger partial charge in [0, 0.05) is 19.2 Å². The number of hydrogen-bond donors (Lipinski definition) is 1. The Morgan fingerprint density at radius 1 is 1.12 bits per heavy atom. The van der Waals surface area contributed by atoms with Gasteiger partial charge in [0.05, 0.1) is 7.05 Å². The van der Waals surface area contributed by atoms with Crippen molar-refractivity contribution in [3.63, 3.8) is 0 Å². The number of nitrogens with one attached hydrogen (secondary N) is 1. The fourth-order valence-corrected chi connectivity index (χ4v) is 3.00. The minimum absolute atomic E-state index is 0.126. The summed E-state index contributed by atoms with van der Waals surface area (Å²) in [5.74, 6) is 1.71. The molecule has 0 aliphatic carbocycles. The maximum Gasteiger partial charge on any atom is 0.280 e. The second-order valence-electron chi connectivity index (χ2n) is 6.61. The first kappa shape index (κ1) is 17.3. The second kappa shape index (κ2) is 7.57. The lowest BCUT2D eigenvalue weighted by Gasteiger charge is -2.26. The first-order valence-corrected chi connectivity index (χ1v) is 8.54. The van der Waals surface area contributed by atoms with Crippen LogP contribution in [-0.2, 0) is 17.9 Å². The van der Waals surface area contributed by atoms with Crippen LogP contribution >= 0.6 is 0 Å². The molecule has 2 aromatic rings. The van der Waals surface area contributed by atoms with Crippen molar-refractivity contribution in [2.75, 3.05) is 20.9 Å². The first-order valence-electron chi connectivity index (χ1n) is 8.54. The van der Waals surface area contributed by atoms with E-state index in [0.717, 1.165) is 34.1 Å². The molecule has 0 spiro atoms. The average molecular weight is 341 g/mol.